The van der Waals surface area contributed by atoms with E-state index >= 15 is 0 Å². The number of nitrogens with zero attached hydrogens (tertiary/aromatic N) is 2. The van der Waals surface area contributed by atoms with Crippen LogP contribution in [-0.2, 0) is 4.79 Å². The van der Waals surface area contributed by atoms with Gasteiger partial charge in [-0.3, -0.25) is 14.9 Å². The zero-order valence-electron chi connectivity index (χ0n) is 13.9. The molecule has 25 heavy (non-hydrogen) atoms. The maximum atomic E-state index is 12.2. The lowest BCUT2D eigenvalue weighted by Gasteiger charge is -2.17. The molecule has 1 aliphatic heterocycles. The number of nitro groups is 1. The number of nitro benzene ring substituents is 1. The molecule has 0 aromatic heterocycles. The van der Waals surface area contributed by atoms with Gasteiger partial charge in [0.25, 0.3) is 5.69 Å². The predicted molar refractivity (Wildman–Crippen MR) is 89.6 cm³/mol. The van der Waals surface area contributed by atoms with Crippen molar-refractivity contribution in [1.29, 1.82) is 0 Å². The van der Waals surface area contributed by atoms with E-state index in [1.807, 2.05) is 4.90 Å². The molecule has 2 fully saturated rings. The summed E-state index contributed by atoms with van der Waals surface area (Å²) in [4.78, 5) is 36.3. The fourth-order valence-corrected chi connectivity index (χ4v) is 2.92. The maximum absolute atomic E-state index is 12.2. The Kier molecular flexibility index (Phi) is 4.73. The number of rotatable bonds is 6. The molecule has 1 heterocycles. The Bertz CT molecular complexity index is 704. The van der Waals surface area contributed by atoms with Crippen LogP contribution in [0.1, 0.15) is 26.2 Å². The molecule has 3 amide bonds. The first-order valence-corrected chi connectivity index (χ1v) is 8.26. The molecular weight excluding hydrogens is 328 g/mol. The largest absolute Gasteiger partial charge is 0.492 e. The standard InChI is InChI=1S/C16H20N4O5/c1-2-25-14-6-5-12(20(23)24)8-13(14)18-16(22)17-10-7-15(21)19(9-10)11-3-4-11/h5-6,8,10-11H,2-4,7,9H2,1H3,(H2,17,18,22)/t10-/m1/s1. The number of ether oxygens (including phenoxy) is 1. The summed E-state index contributed by atoms with van der Waals surface area (Å²) >= 11 is 0. The summed E-state index contributed by atoms with van der Waals surface area (Å²) in [5.74, 6) is 0.406. The van der Waals surface area contributed by atoms with Crippen molar-refractivity contribution in [1.82, 2.24) is 10.2 Å². The second-order valence-electron chi connectivity index (χ2n) is 6.15. The van der Waals surface area contributed by atoms with Gasteiger partial charge < -0.3 is 20.3 Å². The van der Waals surface area contributed by atoms with Crippen LogP contribution in [0.25, 0.3) is 0 Å². The smallest absolute Gasteiger partial charge is 0.319 e. The Morgan fingerprint density at radius 2 is 2.20 bits per heavy atom. The number of likely N-dealkylation sites (tertiary alicyclic amines) is 1. The number of nitrogens with one attached hydrogen (secondary N) is 2. The first kappa shape index (κ1) is 17.0. The minimum atomic E-state index is -0.540. The SMILES string of the molecule is CCOc1ccc([N+](=O)[O-])cc1NC(=O)N[C@@H]1CC(=O)N(C2CC2)C1. The van der Waals surface area contributed by atoms with E-state index in [1.54, 1.807) is 6.92 Å². The molecule has 1 saturated carbocycles. The number of carbonyl (C=O) groups is 2. The topological polar surface area (TPSA) is 114 Å². The van der Waals surface area contributed by atoms with Gasteiger partial charge in [-0.1, -0.05) is 0 Å². The third-order valence-electron chi connectivity index (χ3n) is 4.20. The molecule has 9 nitrogen and oxygen atoms in total. The second kappa shape index (κ2) is 6.96. The first-order valence-electron chi connectivity index (χ1n) is 8.26. The predicted octanol–water partition coefficient (Wildman–Crippen LogP) is 1.88. The summed E-state index contributed by atoms with van der Waals surface area (Å²) in [6, 6.07) is 3.56. The number of non-ortho nitro benzene ring substituents is 1. The average molecular weight is 348 g/mol. The van der Waals surface area contributed by atoms with Crippen molar-refractivity contribution < 1.29 is 19.2 Å². The Morgan fingerprint density at radius 1 is 1.44 bits per heavy atom. The maximum Gasteiger partial charge on any atom is 0.319 e. The summed E-state index contributed by atoms with van der Waals surface area (Å²) in [5.41, 5.74) is 0.0756. The monoisotopic (exact) mass is 348 g/mol. The third-order valence-corrected chi connectivity index (χ3v) is 4.20. The summed E-state index contributed by atoms with van der Waals surface area (Å²) in [5, 5.41) is 16.3. The number of urea groups is 1. The Hall–Kier alpha value is -2.84. The number of carbonyl (C=O) groups excluding carboxylic acids is 2. The van der Waals surface area contributed by atoms with Gasteiger partial charge in [0.05, 0.1) is 23.3 Å². The van der Waals surface area contributed by atoms with E-state index in [0.717, 1.165) is 12.8 Å². The lowest BCUT2D eigenvalue weighted by atomic mass is 10.2. The second-order valence-corrected chi connectivity index (χ2v) is 6.15. The molecule has 1 aromatic rings. The quantitative estimate of drug-likeness (QED) is 0.602. The van der Waals surface area contributed by atoms with E-state index in [2.05, 4.69) is 10.6 Å². The minimum Gasteiger partial charge on any atom is -0.492 e. The van der Waals surface area contributed by atoms with Crippen LogP contribution in [0.5, 0.6) is 5.75 Å². The number of hydrogen-bond donors (Lipinski definition) is 2. The molecule has 1 aliphatic carbocycles. The van der Waals surface area contributed by atoms with Crippen molar-refractivity contribution in [2.45, 2.75) is 38.3 Å². The van der Waals surface area contributed by atoms with Gasteiger partial charge in [0.15, 0.2) is 0 Å². The average Bonchev–Trinajstić information content (AvgIpc) is 3.33. The van der Waals surface area contributed by atoms with Crippen molar-refractivity contribution >= 4 is 23.3 Å². The van der Waals surface area contributed by atoms with Gasteiger partial charge in [-0.05, 0) is 25.8 Å². The first-order chi connectivity index (χ1) is 12.0. The number of anilines is 1. The molecule has 3 rings (SSSR count). The van der Waals surface area contributed by atoms with Crippen LogP contribution in [-0.4, -0.2) is 47.0 Å². The molecule has 9 heteroatoms. The van der Waals surface area contributed by atoms with Crippen molar-refractivity contribution in [3.05, 3.63) is 28.3 Å². The van der Waals surface area contributed by atoms with Crippen molar-refractivity contribution in [2.75, 3.05) is 18.5 Å². The van der Waals surface area contributed by atoms with Crippen LogP contribution >= 0.6 is 0 Å². The molecule has 0 radical (unpaired) electrons. The lowest BCUT2D eigenvalue weighted by molar-refractivity contribution is -0.384. The highest BCUT2D eigenvalue weighted by Crippen LogP contribution is 2.31. The molecule has 2 aliphatic rings. The summed E-state index contributed by atoms with van der Waals surface area (Å²) in [6.07, 6.45) is 2.32. The third kappa shape index (κ3) is 3.98. The fraction of sp³-hybridized carbons (Fsp3) is 0.500. The van der Waals surface area contributed by atoms with Gasteiger partial charge in [0.2, 0.25) is 5.91 Å². The van der Waals surface area contributed by atoms with Gasteiger partial charge in [-0.25, -0.2) is 4.79 Å². The van der Waals surface area contributed by atoms with Crippen LogP contribution in [0.4, 0.5) is 16.2 Å². The lowest BCUT2D eigenvalue weighted by Crippen LogP contribution is -2.40. The van der Waals surface area contributed by atoms with E-state index in [1.165, 1.54) is 18.2 Å². The van der Waals surface area contributed by atoms with Crippen molar-refractivity contribution in [3.8, 4) is 5.75 Å². The number of benzene rings is 1. The summed E-state index contributed by atoms with van der Waals surface area (Å²) in [6.45, 7) is 2.65. The van der Waals surface area contributed by atoms with E-state index in [-0.39, 0.29) is 29.7 Å². The van der Waals surface area contributed by atoms with Crippen LogP contribution in [0, 0.1) is 10.1 Å². The molecule has 134 valence electrons. The zero-order valence-corrected chi connectivity index (χ0v) is 13.9. The van der Waals surface area contributed by atoms with Gasteiger partial charge in [-0.2, -0.15) is 0 Å². The number of hydrogen-bond acceptors (Lipinski definition) is 5. The molecule has 1 aromatic carbocycles. The highest BCUT2D eigenvalue weighted by atomic mass is 16.6. The Balaban J connectivity index is 1.64. The highest BCUT2D eigenvalue weighted by Gasteiger charge is 2.39. The van der Waals surface area contributed by atoms with Gasteiger partial charge >= 0.3 is 6.03 Å². The molecular formula is C16H20N4O5. The van der Waals surface area contributed by atoms with E-state index in [0.29, 0.717) is 24.9 Å². The van der Waals surface area contributed by atoms with Gasteiger partial charge in [0.1, 0.15) is 5.75 Å². The molecule has 1 atom stereocenters. The van der Waals surface area contributed by atoms with E-state index in [4.69, 9.17) is 4.74 Å². The Morgan fingerprint density at radius 3 is 2.84 bits per heavy atom. The molecule has 0 spiro atoms. The van der Waals surface area contributed by atoms with Gasteiger partial charge in [-0.15, -0.1) is 0 Å². The zero-order chi connectivity index (χ0) is 18.0. The number of amides is 3. The van der Waals surface area contributed by atoms with E-state index < -0.39 is 11.0 Å². The highest BCUT2D eigenvalue weighted by molar-refractivity contribution is 5.92. The van der Waals surface area contributed by atoms with Gasteiger partial charge in [0, 0.05) is 31.1 Å². The molecule has 0 unspecified atom stereocenters. The molecule has 1 saturated heterocycles. The van der Waals surface area contributed by atoms with Crippen LogP contribution in [0.2, 0.25) is 0 Å². The fourth-order valence-electron chi connectivity index (χ4n) is 2.92. The van der Waals surface area contributed by atoms with Crippen molar-refractivity contribution in [2.24, 2.45) is 0 Å². The summed E-state index contributed by atoms with van der Waals surface area (Å²) < 4.78 is 5.39. The van der Waals surface area contributed by atoms with Crippen LogP contribution in [0.3, 0.4) is 0 Å². The van der Waals surface area contributed by atoms with Crippen molar-refractivity contribution in [3.63, 3.8) is 0 Å². The Labute approximate surface area is 144 Å². The summed E-state index contributed by atoms with van der Waals surface area (Å²) in [7, 11) is 0. The normalized spacial score (nSPS) is 19.6. The molecule has 2 N–H and O–H groups in total. The van der Waals surface area contributed by atoms with E-state index in [9.17, 15) is 19.7 Å². The van der Waals surface area contributed by atoms with Crippen LogP contribution in [0.15, 0.2) is 18.2 Å². The molecule has 0 bridgehead atoms. The minimum absolute atomic E-state index is 0.0538. The van der Waals surface area contributed by atoms with Crippen LogP contribution < -0.4 is 15.4 Å².